The van der Waals surface area contributed by atoms with Crippen LogP contribution in [-0.2, 0) is 4.79 Å². The molecule has 1 rings (SSSR count). The lowest BCUT2D eigenvalue weighted by Gasteiger charge is -2.30. The Morgan fingerprint density at radius 3 is 2.50 bits per heavy atom. The van der Waals surface area contributed by atoms with E-state index in [1.165, 1.54) is 0 Å². The van der Waals surface area contributed by atoms with Gasteiger partial charge in [-0.3, -0.25) is 4.79 Å². The van der Waals surface area contributed by atoms with Crippen LogP contribution in [0.2, 0.25) is 0 Å². The van der Waals surface area contributed by atoms with Crippen LogP contribution in [0, 0.1) is 0 Å². The maximum absolute atomic E-state index is 11.9. The number of carbonyl (C=O) groups excluding carboxylic acids is 1. The first-order chi connectivity index (χ1) is 8.06. The van der Waals surface area contributed by atoms with E-state index in [0.29, 0.717) is 19.5 Å². The van der Waals surface area contributed by atoms with E-state index < -0.39 is 0 Å². The van der Waals surface area contributed by atoms with Gasteiger partial charge in [0, 0.05) is 17.8 Å². The van der Waals surface area contributed by atoms with Gasteiger partial charge in [-0.2, -0.15) is 11.8 Å². The van der Waals surface area contributed by atoms with E-state index in [1.807, 2.05) is 11.8 Å². The van der Waals surface area contributed by atoms with Gasteiger partial charge in [-0.1, -0.05) is 13.8 Å². The minimum absolute atomic E-state index is 0. The highest BCUT2D eigenvalue weighted by molar-refractivity contribution is 8.00. The molecule has 18 heavy (non-hydrogen) atoms. The van der Waals surface area contributed by atoms with Crippen LogP contribution in [-0.4, -0.2) is 47.3 Å². The van der Waals surface area contributed by atoms with E-state index in [2.05, 4.69) is 30.7 Å². The molecular formula is C12H25ClN2O2S. The number of halogens is 1. The van der Waals surface area contributed by atoms with Crippen LogP contribution >= 0.6 is 24.2 Å². The van der Waals surface area contributed by atoms with Gasteiger partial charge in [-0.25, -0.2) is 0 Å². The molecule has 6 heteroatoms. The van der Waals surface area contributed by atoms with Crippen molar-refractivity contribution >= 4 is 30.1 Å². The molecule has 1 saturated heterocycles. The van der Waals surface area contributed by atoms with Crippen LogP contribution in [0.25, 0.3) is 0 Å². The maximum atomic E-state index is 11.9. The molecule has 1 amide bonds. The van der Waals surface area contributed by atoms with Gasteiger partial charge in [0.1, 0.15) is 0 Å². The highest BCUT2D eigenvalue weighted by Gasteiger charge is 2.30. The Morgan fingerprint density at radius 1 is 1.50 bits per heavy atom. The zero-order chi connectivity index (χ0) is 12.9. The van der Waals surface area contributed by atoms with Crippen LogP contribution in [0.1, 0.15) is 33.1 Å². The quantitative estimate of drug-likeness (QED) is 0.689. The summed E-state index contributed by atoms with van der Waals surface area (Å²) in [6.07, 6.45) is 4.33. The lowest BCUT2D eigenvalue weighted by molar-refractivity contribution is -0.123. The van der Waals surface area contributed by atoms with Crippen molar-refractivity contribution in [1.29, 1.82) is 0 Å². The summed E-state index contributed by atoms with van der Waals surface area (Å²) in [6.45, 7) is 5.54. The third-order valence-corrected chi connectivity index (χ3v) is 5.32. The van der Waals surface area contributed by atoms with Crippen LogP contribution in [0.5, 0.6) is 0 Å². The zero-order valence-electron chi connectivity index (χ0n) is 11.4. The predicted molar refractivity (Wildman–Crippen MR) is 79.5 cm³/mol. The number of aliphatic hydroxyl groups is 1. The summed E-state index contributed by atoms with van der Waals surface area (Å²) < 4.78 is 0.146. The average molecular weight is 297 g/mol. The van der Waals surface area contributed by atoms with Gasteiger partial charge in [-0.15, -0.1) is 12.4 Å². The summed E-state index contributed by atoms with van der Waals surface area (Å²) in [5.74, 6) is 0.0156. The Kier molecular flexibility index (Phi) is 8.26. The zero-order valence-corrected chi connectivity index (χ0v) is 13.0. The van der Waals surface area contributed by atoms with E-state index in [1.54, 1.807) is 0 Å². The van der Waals surface area contributed by atoms with E-state index in [-0.39, 0.29) is 35.2 Å². The molecule has 1 aliphatic rings. The standard InChI is InChI=1S/C12H24N2O2S.ClH/c1-4-12(5-2,17-3)8-14-11(16)10-6-9(15)7-13-10;/h9-10,13,15H,4-8H2,1-3H3,(H,14,16);1H. The number of thioether (sulfide) groups is 1. The summed E-state index contributed by atoms with van der Waals surface area (Å²) in [4.78, 5) is 11.9. The van der Waals surface area contributed by atoms with Gasteiger partial charge in [0.05, 0.1) is 12.1 Å². The lowest BCUT2D eigenvalue weighted by atomic mass is 10.0. The van der Waals surface area contributed by atoms with E-state index in [0.717, 1.165) is 12.8 Å². The van der Waals surface area contributed by atoms with E-state index >= 15 is 0 Å². The number of carbonyl (C=O) groups is 1. The van der Waals surface area contributed by atoms with E-state index in [9.17, 15) is 9.90 Å². The monoisotopic (exact) mass is 296 g/mol. The topological polar surface area (TPSA) is 61.4 Å². The molecule has 0 aromatic heterocycles. The molecule has 0 aliphatic carbocycles. The van der Waals surface area contributed by atoms with Crippen molar-refractivity contribution in [2.24, 2.45) is 0 Å². The Hall–Kier alpha value is 0.0300. The second-order valence-electron chi connectivity index (χ2n) is 4.66. The highest BCUT2D eigenvalue weighted by Crippen LogP contribution is 2.29. The Morgan fingerprint density at radius 2 is 2.11 bits per heavy atom. The molecule has 0 spiro atoms. The van der Waals surface area contributed by atoms with Crippen molar-refractivity contribution in [2.75, 3.05) is 19.3 Å². The molecule has 1 aliphatic heterocycles. The smallest absolute Gasteiger partial charge is 0.237 e. The number of hydrogen-bond donors (Lipinski definition) is 3. The molecule has 3 N–H and O–H groups in total. The van der Waals surface area contributed by atoms with E-state index in [4.69, 9.17) is 0 Å². The van der Waals surface area contributed by atoms with Crippen molar-refractivity contribution < 1.29 is 9.90 Å². The van der Waals surface area contributed by atoms with Crippen LogP contribution in [0.4, 0.5) is 0 Å². The normalized spacial score (nSPS) is 23.6. The van der Waals surface area contributed by atoms with Gasteiger partial charge in [0.15, 0.2) is 0 Å². The van der Waals surface area contributed by atoms with Gasteiger partial charge in [-0.05, 0) is 25.5 Å². The van der Waals surface area contributed by atoms with Crippen molar-refractivity contribution in [1.82, 2.24) is 10.6 Å². The maximum Gasteiger partial charge on any atom is 0.237 e. The third-order valence-electron chi connectivity index (χ3n) is 3.73. The number of amides is 1. The van der Waals surface area contributed by atoms with Crippen molar-refractivity contribution in [2.45, 2.75) is 50.0 Å². The molecular weight excluding hydrogens is 272 g/mol. The van der Waals surface area contributed by atoms with Gasteiger partial charge >= 0.3 is 0 Å². The van der Waals surface area contributed by atoms with Crippen LogP contribution < -0.4 is 10.6 Å². The molecule has 2 atom stereocenters. The first-order valence-electron chi connectivity index (χ1n) is 6.31. The predicted octanol–water partition coefficient (Wildman–Crippen LogP) is 1.17. The second kappa shape index (κ2) is 8.25. The summed E-state index contributed by atoms with van der Waals surface area (Å²) >= 11 is 1.82. The minimum Gasteiger partial charge on any atom is -0.392 e. The molecule has 2 unspecified atom stereocenters. The number of hydrogen-bond acceptors (Lipinski definition) is 4. The lowest BCUT2D eigenvalue weighted by Crippen LogP contribution is -2.46. The summed E-state index contributed by atoms with van der Waals surface area (Å²) in [5, 5.41) is 15.4. The van der Waals surface area contributed by atoms with Crippen molar-refractivity contribution in [3.8, 4) is 0 Å². The molecule has 0 aromatic rings. The fraction of sp³-hybridized carbons (Fsp3) is 0.917. The molecule has 0 bridgehead atoms. The largest absolute Gasteiger partial charge is 0.392 e. The molecule has 0 saturated carbocycles. The summed E-state index contributed by atoms with van der Waals surface area (Å²) in [6, 6.07) is -0.224. The third kappa shape index (κ3) is 4.61. The molecule has 1 fully saturated rings. The average Bonchev–Trinajstić information content (AvgIpc) is 2.78. The molecule has 0 aromatic carbocycles. The molecule has 4 nitrogen and oxygen atoms in total. The fourth-order valence-electron chi connectivity index (χ4n) is 2.15. The first kappa shape index (κ1) is 18.0. The number of β-amino-alcohol motifs (C(OH)–C–C–N with tert-alkyl or cyclic N) is 1. The summed E-state index contributed by atoms with van der Waals surface area (Å²) in [5.41, 5.74) is 0. The second-order valence-corrected chi connectivity index (χ2v) is 5.94. The SMILES string of the molecule is CCC(CC)(CNC(=O)C1CC(O)CN1)SC.Cl. The molecule has 0 radical (unpaired) electrons. The Balaban J connectivity index is 0.00000289. The number of nitrogens with one attached hydrogen (secondary N) is 2. The van der Waals surface area contributed by atoms with Gasteiger partial charge < -0.3 is 15.7 Å². The highest BCUT2D eigenvalue weighted by atomic mass is 35.5. The summed E-state index contributed by atoms with van der Waals surface area (Å²) in [7, 11) is 0. The van der Waals surface area contributed by atoms with Crippen molar-refractivity contribution in [3.05, 3.63) is 0 Å². The van der Waals surface area contributed by atoms with Gasteiger partial charge in [0.25, 0.3) is 0 Å². The molecule has 1 heterocycles. The van der Waals surface area contributed by atoms with Crippen molar-refractivity contribution in [3.63, 3.8) is 0 Å². The minimum atomic E-state index is -0.381. The van der Waals surface area contributed by atoms with Crippen LogP contribution in [0.15, 0.2) is 0 Å². The van der Waals surface area contributed by atoms with Crippen LogP contribution in [0.3, 0.4) is 0 Å². The van der Waals surface area contributed by atoms with Gasteiger partial charge in [0.2, 0.25) is 5.91 Å². The fourth-order valence-corrected chi connectivity index (χ4v) is 2.94. The number of aliphatic hydroxyl groups excluding tert-OH is 1. The Bertz CT molecular complexity index is 254. The molecule has 108 valence electrons. The Labute approximate surface area is 120 Å². The first-order valence-corrected chi connectivity index (χ1v) is 7.53. The number of rotatable bonds is 6.